The molecule has 154 valence electrons. The zero-order valence-electron chi connectivity index (χ0n) is 17.1. The van der Waals surface area contributed by atoms with Crippen molar-refractivity contribution in [2.45, 2.75) is 18.8 Å². The third-order valence-electron chi connectivity index (χ3n) is 5.88. The summed E-state index contributed by atoms with van der Waals surface area (Å²) < 4.78 is 7.08. The van der Waals surface area contributed by atoms with Gasteiger partial charge in [0.2, 0.25) is 0 Å². The molecular weight excluding hydrogens is 378 g/mol. The fourth-order valence-corrected chi connectivity index (χ4v) is 4.04. The number of hydrogen-bond donors (Lipinski definition) is 0. The van der Waals surface area contributed by atoms with Crippen LogP contribution in [0.1, 0.15) is 34.9 Å². The largest absolute Gasteiger partial charge is 0.497 e. The number of piperazine rings is 1. The smallest absolute Gasteiger partial charge is 0.276 e. The molecule has 7 heteroatoms. The van der Waals surface area contributed by atoms with Crippen molar-refractivity contribution in [3.8, 4) is 11.4 Å². The van der Waals surface area contributed by atoms with Crippen LogP contribution in [0.15, 0.2) is 54.6 Å². The number of para-hydroxylation sites is 1. The van der Waals surface area contributed by atoms with E-state index in [1.807, 2.05) is 52.0 Å². The molecule has 0 spiro atoms. The van der Waals surface area contributed by atoms with Gasteiger partial charge in [0.15, 0.2) is 5.69 Å². The average molecular weight is 403 g/mol. The van der Waals surface area contributed by atoms with Crippen LogP contribution < -0.4 is 9.64 Å². The van der Waals surface area contributed by atoms with Gasteiger partial charge in [-0.2, -0.15) is 0 Å². The molecule has 1 amide bonds. The number of anilines is 1. The first-order valence-electron chi connectivity index (χ1n) is 10.4. The number of carbonyl (C=O) groups is 1. The maximum Gasteiger partial charge on any atom is 0.276 e. The molecule has 1 aliphatic heterocycles. The first-order chi connectivity index (χ1) is 14.7. The van der Waals surface area contributed by atoms with Gasteiger partial charge in [0.25, 0.3) is 5.91 Å². The normalized spacial score (nSPS) is 16.6. The summed E-state index contributed by atoms with van der Waals surface area (Å²) in [5.74, 6) is 1.22. The van der Waals surface area contributed by atoms with E-state index < -0.39 is 0 Å². The van der Waals surface area contributed by atoms with Crippen LogP contribution >= 0.6 is 0 Å². The number of rotatable bonds is 5. The standard InChI is InChI=1S/C23H25N5O2/c1-30-20-11-9-18(10-12-20)26-13-15-27(16-14-26)23(29)21-22(17-7-8-17)28(25-24-21)19-5-3-2-4-6-19/h2-6,9-12,17H,7-8,13-16H2,1H3. The van der Waals surface area contributed by atoms with Gasteiger partial charge in [-0.3, -0.25) is 4.79 Å². The maximum absolute atomic E-state index is 13.3. The zero-order valence-corrected chi connectivity index (χ0v) is 17.1. The molecule has 0 radical (unpaired) electrons. The van der Waals surface area contributed by atoms with Gasteiger partial charge in [0.1, 0.15) is 5.75 Å². The molecular formula is C23H25N5O2. The van der Waals surface area contributed by atoms with Gasteiger partial charge in [0, 0.05) is 37.8 Å². The van der Waals surface area contributed by atoms with Crippen molar-refractivity contribution in [1.82, 2.24) is 19.9 Å². The monoisotopic (exact) mass is 403 g/mol. The molecule has 2 fully saturated rings. The summed E-state index contributed by atoms with van der Waals surface area (Å²) in [6.45, 7) is 2.94. The average Bonchev–Trinajstić information content (AvgIpc) is 3.57. The molecule has 1 saturated heterocycles. The Kier molecular flexibility index (Phi) is 4.86. The highest BCUT2D eigenvalue weighted by molar-refractivity contribution is 5.94. The molecule has 0 unspecified atom stereocenters. The summed E-state index contributed by atoms with van der Waals surface area (Å²) in [4.78, 5) is 17.5. The molecule has 2 aliphatic rings. The van der Waals surface area contributed by atoms with Crippen molar-refractivity contribution >= 4 is 11.6 Å². The summed E-state index contributed by atoms with van der Waals surface area (Å²) in [5, 5.41) is 8.66. The second kappa shape index (κ2) is 7.82. The number of methoxy groups -OCH3 is 1. The third kappa shape index (κ3) is 3.51. The highest BCUT2D eigenvalue weighted by atomic mass is 16.5. The van der Waals surface area contributed by atoms with E-state index in [2.05, 4.69) is 27.3 Å². The number of hydrogen-bond acceptors (Lipinski definition) is 5. The first-order valence-corrected chi connectivity index (χ1v) is 10.4. The fourth-order valence-electron chi connectivity index (χ4n) is 4.04. The quantitative estimate of drug-likeness (QED) is 0.655. The number of benzene rings is 2. The van der Waals surface area contributed by atoms with E-state index in [1.54, 1.807) is 7.11 Å². The minimum Gasteiger partial charge on any atom is -0.497 e. The van der Waals surface area contributed by atoms with E-state index in [-0.39, 0.29) is 5.91 Å². The Morgan fingerprint density at radius 2 is 1.63 bits per heavy atom. The highest BCUT2D eigenvalue weighted by Gasteiger charge is 2.36. The SMILES string of the molecule is COc1ccc(N2CCN(C(=O)c3nnn(-c4ccccc4)c3C3CC3)CC2)cc1. The van der Waals surface area contributed by atoms with Crippen LogP contribution in [0.2, 0.25) is 0 Å². The highest BCUT2D eigenvalue weighted by Crippen LogP contribution is 2.42. The second-order valence-electron chi connectivity index (χ2n) is 7.82. The molecule has 2 heterocycles. The molecule has 1 aromatic heterocycles. The Bertz CT molecular complexity index is 1020. The van der Waals surface area contributed by atoms with Crippen molar-refractivity contribution in [2.24, 2.45) is 0 Å². The lowest BCUT2D eigenvalue weighted by Gasteiger charge is -2.36. The van der Waals surface area contributed by atoms with Crippen LogP contribution in [0.3, 0.4) is 0 Å². The third-order valence-corrected chi connectivity index (χ3v) is 5.88. The van der Waals surface area contributed by atoms with Crippen molar-refractivity contribution < 1.29 is 9.53 Å². The van der Waals surface area contributed by atoms with Crippen LogP contribution in [-0.2, 0) is 0 Å². The predicted molar refractivity (Wildman–Crippen MR) is 114 cm³/mol. The lowest BCUT2D eigenvalue weighted by molar-refractivity contribution is 0.0739. The van der Waals surface area contributed by atoms with E-state index in [4.69, 9.17) is 4.74 Å². The molecule has 0 N–H and O–H groups in total. The van der Waals surface area contributed by atoms with Gasteiger partial charge in [-0.15, -0.1) is 5.10 Å². The van der Waals surface area contributed by atoms with Crippen LogP contribution in [-0.4, -0.2) is 59.1 Å². The number of nitrogens with zero attached hydrogens (tertiary/aromatic N) is 5. The Labute approximate surface area is 175 Å². The Balaban J connectivity index is 1.32. The molecule has 1 aliphatic carbocycles. The zero-order chi connectivity index (χ0) is 20.5. The van der Waals surface area contributed by atoms with E-state index in [0.29, 0.717) is 24.7 Å². The predicted octanol–water partition coefficient (Wildman–Crippen LogP) is 3.12. The summed E-state index contributed by atoms with van der Waals surface area (Å²) in [7, 11) is 1.67. The number of carbonyl (C=O) groups excluding carboxylic acids is 1. The first kappa shape index (κ1) is 18.7. The minimum atomic E-state index is -0.00605. The van der Waals surface area contributed by atoms with Crippen molar-refractivity contribution in [3.63, 3.8) is 0 Å². The molecule has 0 atom stereocenters. The molecule has 5 rings (SSSR count). The fraction of sp³-hybridized carbons (Fsp3) is 0.348. The number of ether oxygens (including phenoxy) is 1. The van der Waals surface area contributed by atoms with Gasteiger partial charge in [-0.25, -0.2) is 4.68 Å². The summed E-state index contributed by atoms with van der Waals surface area (Å²) in [5.41, 5.74) is 3.58. The Hall–Kier alpha value is -3.35. The van der Waals surface area contributed by atoms with Gasteiger partial charge in [-0.05, 0) is 49.2 Å². The molecule has 1 saturated carbocycles. The van der Waals surface area contributed by atoms with E-state index in [1.165, 1.54) is 0 Å². The van der Waals surface area contributed by atoms with Crippen LogP contribution in [0.4, 0.5) is 5.69 Å². The lowest BCUT2D eigenvalue weighted by Crippen LogP contribution is -2.49. The topological polar surface area (TPSA) is 63.5 Å². The molecule has 30 heavy (non-hydrogen) atoms. The van der Waals surface area contributed by atoms with Gasteiger partial charge in [0.05, 0.1) is 18.5 Å². The van der Waals surface area contributed by atoms with Gasteiger partial charge >= 0.3 is 0 Å². The van der Waals surface area contributed by atoms with Crippen LogP contribution in [0, 0.1) is 0 Å². The lowest BCUT2D eigenvalue weighted by atomic mass is 10.1. The maximum atomic E-state index is 13.3. The number of aromatic nitrogens is 3. The van der Waals surface area contributed by atoms with Gasteiger partial charge < -0.3 is 14.5 Å². The van der Waals surface area contributed by atoms with E-state index >= 15 is 0 Å². The van der Waals surface area contributed by atoms with E-state index in [0.717, 1.165) is 48.7 Å². The van der Waals surface area contributed by atoms with Crippen molar-refractivity contribution in [3.05, 3.63) is 66.0 Å². The van der Waals surface area contributed by atoms with Crippen LogP contribution in [0.5, 0.6) is 5.75 Å². The molecule has 0 bridgehead atoms. The summed E-state index contributed by atoms with van der Waals surface area (Å²) >= 11 is 0. The second-order valence-corrected chi connectivity index (χ2v) is 7.82. The summed E-state index contributed by atoms with van der Waals surface area (Å²) in [6.07, 6.45) is 2.18. The van der Waals surface area contributed by atoms with Crippen LogP contribution in [0.25, 0.3) is 5.69 Å². The van der Waals surface area contributed by atoms with Crippen molar-refractivity contribution in [1.29, 1.82) is 0 Å². The van der Waals surface area contributed by atoms with E-state index in [9.17, 15) is 4.79 Å². The Morgan fingerprint density at radius 1 is 0.933 bits per heavy atom. The Morgan fingerprint density at radius 3 is 2.27 bits per heavy atom. The number of amides is 1. The molecule has 2 aromatic carbocycles. The minimum absolute atomic E-state index is 0.00605. The molecule has 7 nitrogen and oxygen atoms in total. The van der Waals surface area contributed by atoms with Crippen molar-refractivity contribution in [2.75, 3.05) is 38.2 Å². The van der Waals surface area contributed by atoms with Gasteiger partial charge in [-0.1, -0.05) is 23.4 Å². The molecule has 3 aromatic rings. The summed E-state index contributed by atoms with van der Waals surface area (Å²) in [6, 6.07) is 18.0.